The van der Waals surface area contributed by atoms with Gasteiger partial charge in [0.25, 0.3) is 5.89 Å². The first-order valence-electron chi connectivity index (χ1n) is 17.6. The van der Waals surface area contributed by atoms with Gasteiger partial charge < -0.3 is 24.0 Å². The van der Waals surface area contributed by atoms with Crippen LogP contribution in [0.1, 0.15) is 86.0 Å². The average molecular weight is 704 g/mol. The summed E-state index contributed by atoms with van der Waals surface area (Å²) in [5.41, 5.74) is 1.40. The van der Waals surface area contributed by atoms with Crippen molar-refractivity contribution >= 4 is 35.1 Å². The molecule has 0 aliphatic carbocycles. The van der Waals surface area contributed by atoms with Crippen molar-refractivity contribution in [1.29, 1.82) is 5.26 Å². The highest BCUT2D eigenvalue weighted by Crippen LogP contribution is 2.40. The van der Waals surface area contributed by atoms with Gasteiger partial charge in [-0.1, -0.05) is 48.8 Å². The van der Waals surface area contributed by atoms with E-state index in [4.69, 9.17) is 30.8 Å². The third-order valence-electron chi connectivity index (χ3n) is 10.6. The number of hydrogen-bond acceptors (Lipinski definition) is 11. The number of ether oxygens (including phenoxy) is 1. The molecule has 1 amide bonds. The molecule has 2 atom stereocenters. The summed E-state index contributed by atoms with van der Waals surface area (Å²) in [6.45, 7) is 9.06. The Balaban J connectivity index is 1.15. The van der Waals surface area contributed by atoms with Crippen molar-refractivity contribution in [3.05, 3.63) is 58.9 Å². The molecule has 0 spiro atoms. The molecule has 1 aromatic carbocycles. The molecule has 6 heterocycles. The molecule has 14 heteroatoms. The molecule has 3 saturated heterocycles. The van der Waals surface area contributed by atoms with E-state index < -0.39 is 5.63 Å². The molecule has 0 radical (unpaired) electrons. The van der Waals surface area contributed by atoms with E-state index in [9.17, 15) is 14.4 Å². The molecule has 0 N–H and O–H groups in total. The molecule has 0 bridgehead atoms. The number of para-hydroxylation sites is 1. The number of fused-ring (bicyclic) bond motifs is 2. The van der Waals surface area contributed by atoms with E-state index in [0.29, 0.717) is 63.1 Å². The monoisotopic (exact) mass is 703 g/mol. The number of piperazine rings is 1. The van der Waals surface area contributed by atoms with Crippen molar-refractivity contribution in [2.45, 2.75) is 82.0 Å². The number of hydrogen-bond donors (Lipinski definition) is 0. The van der Waals surface area contributed by atoms with Crippen LogP contribution in [-0.2, 0) is 17.8 Å². The minimum atomic E-state index is -1.62. The minimum Gasteiger partial charge on any atom is -0.461 e. The number of anilines is 2. The zero-order valence-corrected chi connectivity index (χ0v) is 29.4. The third kappa shape index (κ3) is 6.88. The van der Waals surface area contributed by atoms with Gasteiger partial charge in [0.15, 0.2) is 5.82 Å². The SMILES string of the molecule is CC(C)c1noc(/C=C/C(=O)N2CCN(c3nc(OCC45CCCN4CCC5)nc4c3CCN(c3ccccc3C(F)Cl)C4)C[C@@H]2CC#N)n1. The summed E-state index contributed by atoms with van der Waals surface area (Å²) in [7, 11) is 0. The van der Waals surface area contributed by atoms with Crippen molar-refractivity contribution in [1.82, 2.24) is 29.9 Å². The molecule has 3 aromatic rings. The number of alkyl halides is 2. The van der Waals surface area contributed by atoms with Crippen molar-refractivity contribution in [2.75, 3.05) is 55.7 Å². The topological polar surface area (TPSA) is 128 Å². The lowest BCUT2D eigenvalue weighted by Gasteiger charge is -2.42. The molecule has 12 nitrogen and oxygen atoms in total. The Hall–Kier alpha value is -4.28. The van der Waals surface area contributed by atoms with Crippen molar-refractivity contribution in [2.24, 2.45) is 0 Å². The number of carbonyl (C=O) groups is 1. The summed E-state index contributed by atoms with van der Waals surface area (Å²) in [5, 5.41) is 13.7. The third-order valence-corrected chi connectivity index (χ3v) is 10.8. The van der Waals surface area contributed by atoms with Crippen LogP contribution in [0.2, 0.25) is 0 Å². The van der Waals surface area contributed by atoms with E-state index in [2.05, 4.69) is 30.9 Å². The molecule has 2 aromatic heterocycles. The molecule has 1 unspecified atom stereocenters. The quantitative estimate of drug-likeness (QED) is 0.199. The van der Waals surface area contributed by atoms with Gasteiger partial charge in [0.1, 0.15) is 12.4 Å². The largest absolute Gasteiger partial charge is 0.461 e. The fourth-order valence-electron chi connectivity index (χ4n) is 7.95. The number of benzene rings is 1. The molecule has 264 valence electrons. The Morgan fingerprint density at radius 1 is 1.14 bits per heavy atom. The standard InChI is InChI=1S/C36H43ClFN9O3/c1-24(2)33-41-30(50-43-33)9-10-31(48)47-20-19-45(21-25(47)11-15-39)34-26-12-18-44(29-8-4-3-7-27(29)32(37)38)22-28(26)40-35(42-34)49-23-36-13-5-16-46(36)17-6-14-36/h3-4,7-10,24-25,32H,5-6,11-14,16-23H2,1-2H3/b10-9+/t25-,32?/m0/s1. The number of aromatic nitrogens is 4. The van der Waals surface area contributed by atoms with Crippen molar-refractivity contribution in [3.63, 3.8) is 0 Å². The van der Waals surface area contributed by atoms with Gasteiger partial charge in [0, 0.05) is 61.1 Å². The first kappa shape index (κ1) is 34.2. The maximum Gasteiger partial charge on any atom is 0.318 e. The van der Waals surface area contributed by atoms with Crippen LogP contribution in [0, 0.1) is 11.3 Å². The Bertz CT molecular complexity index is 1770. The van der Waals surface area contributed by atoms with Crippen LogP contribution < -0.4 is 14.5 Å². The molecular formula is C36H43ClFN9O3. The van der Waals surface area contributed by atoms with Crippen molar-refractivity contribution in [3.8, 4) is 12.1 Å². The Morgan fingerprint density at radius 2 is 1.94 bits per heavy atom. The second-order valence-corrected chi connectivity index (χ2v) is 14.3. The van der Waals surface area contributed by atoms with Gasteiger partial charge >= 0.3 is 6.01 Å². The highest BCUT2D eigenvalue weighted by Gasteiger charge is 2.45. The van der Waals surface area contributed by atoms with Gasteiger partial charge in [0.2, 0.25) is 11.5 Å². The Kier molecular flexibility index (Phi) is 9.93. The fourth-order valence-corrected chi connectivity index (χ4v) is 8.13. The van der Waals surface area contributed by atoms with Crippen LogP contribution in [-0.4, -0.2) is 93.3 Å². The molecule has 0 saturated carbocycles. The average Bonchev–Trinajstić information content (AvgIpc) is 3.86. The predicted molar refractivity (Wildman–Crippen MR) is 187 cm³/mol. The number of nitrogens with zero attached hydrogens (tertiary/aromatic N) is 9. The lowest BCUT2D eigenvalue weighted by Crippen LogP contribution is -2.55. The number of nitriles is 1. The minimum absolute atomic E-state index is 0.0237. The zero-order chi connectivity index (χ0) is 34.8. The molecule has 7 rings (SSSR count). The van der Waals surface area contributed by atoms with Crippen LogP contribution in [0.4, 0.5) is 15.9 Å². The molecule has 4 aliphatic rings. The normalized spacial score (nSPS) is 21.0. The molecular weight excluding hydrogens is 661 g/mol. The van der Waals surface area contributed by atoms with Gasteiger partial charge in [-0.15, -0.1) is 0 Å². The number of halogens is 2. The summed E-state index contributed by atoms with van der Waals surface area (Å²) >= 11 is 5.95. The van der Waals surface area contributed by atoms with E-state index in [1.165, 1.54) is 12.2 Å². The van der Waals surface area contributed by atoms with Crippen LogP contribution in [0.25, 0.3) is 6.08 Å². The second kappa shape index (κ2) is 14.5. The first-order valence-corrected chi connectivity index (χ1v) is 18.0. The highest BCUT2D eigenvalue weighted by atomic mass is 35.5. The highest BCUT2D eigenvalue weighted by molar-refractivity contribution is 6.20. The number of carbonyl (C=O) groups excluding carboxylic acids is 1. The van der Waals surface area contributed by atoms with Crippen LogP contribution >= 0.6 is 11.6 Å². The molecule has 50 heavy (non-hydrogen) atoms. The van der Waals surface area contributed by atoms with Crippen LogP contribution in [0.5, 0.6) is 6.01 Å². The predicted octanol–water partition coefficient (Wildman–Crippen LogP) is 5.40. The van der Waals surface area contributed by atoms with Gasteiger partial charge in [-0.2, -0.15) is 20.2 Å². The summed E-state index contributed by atoms with van der Waals surface area (Å²) in [4.78, 5) is 36.3. The van der Waals surface area contributed by atoms with Crippen LogP contribution in [0.3, 0.4) is 0 Å². The smallest absolute Gasteiger partial charge is 0.318 e. The zero-order valence-electron chi connectivity index (χ0n) is 28.6. The molecule has 4 aliphatic heterocycles. The lowest BCUT2D eigenvalue weighted by molar-refractivity contribution is -0.128. The second-order valence-electron chi connectivity index (χ2n) is 14.0. The van der Waals surface area contributed by atoms with Crippen molar-refractivity contribution < 1.29 is 18.4 Å². The van der Waals surface area contributed by atoms with E-state index >= 15 is 0 Å². The van der Waals surface area contributed by atoms with E-state index in [-0.39, 0.29) is 35.7 Å². The summed E-state index contributed by atoms with van der Waals surface area (Å²) in [6.07, 6.45) is 8.27. The number of amides is 1. The van der Waals surface area contributed by atoms with Gasteiger partial charge in [-0.3, -0.25) is 9.69 Å². The van der Waals surface area contributed by atoms with Crippen LogP contribution in [0.15, 0.2) is 34.9 Å². The number of rotatable bonds is 10. The lowest BCUT2D eigenvalue weighted by atomic mass is 9.95. The van der Waals surface area contributed by atoms with Gasteiger partial charge in [0.05, 0.1) is 36.3 Å². The maximum absolute atomic E-state index is 14.4. The Morgan fingerprint density at radius 3 is 2.68 bits per heavy atom. The Labute approximate surface area is 296 Å². The molecule has 3 fully saturated rings. The van der Waals surface area contributed by atoms with Gasteiger partial charge in [-0.25, -0.2) is 4.39 Å². The van der Waals surface area contributed by atoms with E-state index in [1.54, 1.807) is 17.0 Å². The fraction of sp³-hybridized carbons (Fsp3) is 0.556. The summed E-state index contributed by atoms with van der Waals surface area (Å²) in [5.74, 6) is 1.49. The summed E-state index contributed by atoms with van der Waals surface area (Å²) < 4.78 is 26.2. The van der Waals surface area contributed by atoms with E-state index in [1.807, 2.05) is 26.0 Å². The van der Waals surface area contributed by atoms with E-state index in [0.717, 1.165) is 61.5 Å². The summed E-state index contributed by atoms with van der Waals surface area (Å²) in [6, 6.07) is 9.51. The maximum atomic E-state index is 14.4. The van der Waals surface area contributed by atoms with Gasteiger partial charge in [-0.05, 0) is 51.3 Å². The first-order chi connectivity index (χ1) is 24.2.